The molecule has 116 valence electrons. The summed E-state index contributed by atoms with van der Waals surface area (Å²) in [6.45, 7) is 7.82. The molecule has 2 amide bonds. The first kappa shape index (κ1) is 17.0. The minimum atomic E-state index is -0.808. The molecule has 1 aromatic rings. The lowest BCUT2D eigenvalue weighted by atomic mass is 10.1. The number of aryl methyl sites for hydroxylation is 3. The number of rotatable bonds is 6. The number of carbonyl (C=O) groups excluding carboxylic acids is 1. The Hall–Kier alpha value is -2.04. The zero-order valence-electron chi connectivity index (χ0n) is 13.1. The highest BCUT2D eigenvalue weighted by Crippen LogP contribution is 2.21. The highest BCUT2D eigenvalue weighted by atomic mass is 16.4. The van der Waals surface area contributed by atoms with Crippen LogP contribution in [-0.4, -0.2) is 23.1 Å². The maximum Gasteiger partial charge on any atom is 0.319 e. The second-order valence-electron chi connectivity index (χ2n) is 5.56. The minimum Gasteiger partial charge on any atom is -0.481 e. The molecule has 5 heteroatoms. The van der Waals surface area contributed by atoms with Crippen molar-refractivity contribution in [1.82, 2.24) is 5.32 Å². The number of carbonyl (C=O) groups is 2. The molecular formula is C16H24N2O3. The highest BCUT2D eigenvalue weighted by Gasteiger charge is 2.11. The molecule has 1 atom stereocenters. The van der Waals surface area contributed by atoms with E-state index < -0.39 is 5.97 Å². The highest BCUT2D eigenvalue weighted by molar-refractivity contribution is 5.91. The van der Waals surface area contributed by atoms with Gasteiger partial charge in [0.2, 0.25) is 0 Å². The Morgan fingerprint density at radius 3 is 2.29 bits per heavy atom. The third-order valence-corrected chi connectivity index (χ3v) is 3.32. The summed E-state index contributed by atoms with van der Waals surface area (Å²) in [6.07, 6.45) is 1.33. The second-order valence-corrected chi connectivity index (χ2v) is 5.56. The molecule has 0 aromatic heterocycles. The van der Waals surface area contributed by atoms with Gasteiger partial charge in [0.1, 0.15) is 0 Å². The Balaban J connectivity index is 2.52. The van der Waals surface area contributed by atoms with E-state index in [-0.39, 0.29) is 18.5 Å². The average molecular weight is 292 g/mol. The van der Waals surface area contributed by atoms with Crippen molar-refractivity contribution >= 4 is 17.7 Å². The number of nitrogens with one attached hydrogen (secondary N) is 2. The Labute approximate surface area is 125 Å². The van der Waals surface area contributed by atoms with Gasteiger partial charge in [-0.05, 0) is 51.7 Å². The average Bonchev–Trinajstić information content (AvgIpc) is 2.33. The maximum atomic E-state index is 12.0. The predicted molar refractivity (Wildman–Crippen MR) is 83.8 cm³/mol. The normalized spacial score (nSPS) is 11.8. The molecular weight excluding hydrogens is 268 g/mol. The number of amides is 2. The van der Waals surface area contributed by atoms with Gasteiger partial charge in [0.05, 0.1) is 0 Å². The van der Waals surface area contributed by atoms with Crippen molar-refractivity contribution in [1.29, 1.82) is 0 Å². The third-order valence-electron chi connectivity index (χ3n) is 3.32. The molecule has 1 unspecified atom stereocenters. The van der Waals surface area contributed by atoms with Gasteiger partial charge in [-0.15, -0.1) is 0 Å². The first-order chi connectivity index (χ1) is 9.79. The summed E-state index contributed by atoms with van der Waals surface area (Å²) in [5.41, 5.74) is 4.05. The van der Waals surface area contributed by atoms with E-state index in [4.69, 9.17) is 5.11 Å². The molecule has 0 saturated heterocycles. The number of carboxylic acids is 1. The molecule has 0 fully saturated rings. The fraction of sp³-hybridized carbons (Fsp3) is 0.500. The third kappa shape index (κ3) is 5.85. The van der Waals surface area contributed by atoms with Crippen molar-refractivity contribution < 1.29 is 14.7 Å². The number of anilines is 1. The van der Waals surface area contributed by atoms with Crippen LogP contribution >= 0.6 is 0 Å². The zero-order chi connectivity index (χ0) is 16.0. The number of urea groups is 1. The molecule has 21 heavy (non-hydrogen) atoms. The number of aliphatic carboxylic acids is 1. The van der Waals surface area contributed by atoms with Gasteiger partial charge in [0.25, 0.3) is 0 Å². The number of hydrogen-bond acceptors (Lipinski definition) is 2. The lowest BCUT2D eigenvalue weighted by molar-refractivity contribution is -0.137. The lowest BCUT2D eigenvalue weighted by Crippen LogP contribution is -2.36. The summed E-state index contributed by atoms with van der Waals surface area (Å²) in [4.78, 5) is 22.4. The van der Waals surface area contributed by atoms with Crippen LogP contribution in [0, 0.1) is 20.8 Å². The molecule has 0 saturated carbocycles. The van der Waals surface area contributed by atoms with Crippen LogP contribution in [0.25, 0.3) is 0 Å². The van der Waals surface area contributed by atoms with E-state index in [2.05, 4.69) is 10.6 Å². The first-order valence-electron chi connectivity index (χ1n) is 7.16. The minimum absolute atomic E-state index is 0.0598. The summed E-state index contributed by atoms with van der Waals surface area (Å²) in [5, 5.41) is 14.3. The van der Waals surface area contributed by atoms with Crippen molar-refractivity contribution in [2.75, 3.05) is 5.32 Å². The topological polar surface area (TPSA) is 78.4 Å². The largest absolute Gasteiger partial charge is 0.481 e. The standard InChI is InChI=1S/C16H24N2O3/c1-10-8-11(2)15(12(3)9-10)18-16(21)17-13(4)6-5-7-14(19)20/h8-9,13H,5-7H2,1-4H3,(H,19,20)(H2,17,18,21). The Morgan fingerprint density at radius 2 is 1.76 bits per heavy atom. The molecule has 0 radical (unpaired) electrons. The predicted octanol–water partition coefficient (Wildman–Crippen LogP) is 3.38. The molecule has 1 rings (SSSR count). The molecule has 0 bridgehead atoms. The van der Waals surface area contributed by atoms with Gasteiger partial charge in [0, 0.05) is 18.2 Å². The molecule has 3 N–H and O–H groups in total. The Bertz CT molecular complexity index is 503. The molecule has 5 nitrogen and oxygen atoms in total. The summed E-state index contributed by atoms with van der Waals surface area (Å²) >= 11 is 0. The fourth-order valence-electron chi connectivity index (χ4n) is 2.38. The van der Waals surface area contributed by atoms with Gasteiger partial charge in [0.15, 0.2) is 0 Å². The van der Waals surface area contributed by atoms with Crippen molar-refractivity contribution in [2.24, 2.45) is 0 Å². The lowest BCUT2D eigenvalue weighted by Gasteiger charge is -2.17. The van der Waals surface area contributed by atoms with E-state index in [9.17, 15) is 9.59 Å². The van der Waals surface area contributed by atoms with E-state index in [1.165, 1.54) is 0 Å². The number of hydrogen-bond donors (Lipinski definition) is 3. The number of benzene rings is 1. The molecule has 1 aromatic carbocycles. The molecule has 0 aliphatic rings. The van der Waals surface area contributed by atoms with E-state index >= 15 is 0 Å². The summed E-state index contributed by atoms with van der Waals surface area (Å²) in [6, 6.07) is 3.74. The van der Waals surface area contributed by atoms with Gasteiger partial charge >= 0.3 is 12.0 Å². The summed E-state index contributed by atoms with van der Waals surface area (Å²) in [5.74, 6) is -0.808. The van der Waals surface area contributed by atoms with E-state index in [1.54, 1.807) is 0 Å². The van der Waals surface area contributed by atoms with Crippen LogP contribution in [-0.2, 0) is 4.79 Å². The monoisotopic (exact) mass is 292 g/mol. The summed E-state index contributed by atoms with van der Waals surface area (Å²) < 4.78 is 0. The van der Waals surface area contributed by atoms with Crippen LogP contribution in [0.3, 0.4) is 0 Å². The maximum absolute atomic E-state index is 12.0. The quantitative estimate of drug-likeness (QED) is 0.752. The van der Waals surface area contributed by atoms with Gasteiger partial charge in [-0.1, -0.05) is 17.7 Å². The SMILES string of the molecule is Cc1cc(C)c(NC(=O)NC(C)CCCC(=O)O)c(C)c1. The van der Waals surface area contributed by atoms with Crippen LogP contribution in [0.1, 0.15) is 42.9 Å². The fourth-order valence-corrected chi connectivity index (χ4v) is 2.38. The van der Waals surface area contributed by atoms with Gasteiger partial charge in [-0.2, -0.15) is 0 Å². The Morgan fingerprint density at radius 1 is 1.19 bits per heavy atom. The van der Waals surface area contributed by atoms with Crippen LogP contribution in [0.15, 0.2) is 12.1 Å². The van der Waals surface area contributed by atoms with Gasteiger partial charge in [-0.3, -0.25) is 4.79 Å². The first-order valence-corrected chi connectivity index (χ1v) is 7.16. The zero-order valence-corrected chi connectivity index (χ0v) is 13.1. The smallest absolute Gasteiger partial charge is 0.319 e. The number of carboxylic acid groups (broad SMARTS) is 1. The van der Waals surface area contributed by atoms with E-state index in [0.717, 1.165) is 22.4 Å². The Kier molecular flexibility index (Phi) is 6.21. The van der Waals surface area contributed by atoms with Crippen LogP contribution < -0.4 is 10.6 Å². The van der Waals surface area contributed by atoms with E-state index in [1.807, 2.05) is 39.8 Å². The van der Waals surface area contributed by atoms with Crippen LogP contribution in [0.2, 0.25) is 0 Å². The van der Waals surface area contributed by atoms with Crippen molar-refractivity contribution in [3.63, 3.8) is 0 Å². The molecule has 0 heterocycles. The summed E-state index contributed by atoms with van der Waals surface area (Å²) in [7, 11) is 0. The van der Waals surface area contributed by atoms with Crippen molar-refractivity contribution in [3.05, 3.63) is 28.8 Å². The van der Waals surface area contributed by atoms with Crippen molar-refractivity contribution in [3.8, 4) is 0 Å². The second kappa shape index (κ2) is 7.67. The molecule has 0 aliphatic carbocycles. The van der Waals surface area contributed by atoms with Crippen LogP contribution in [0.4, 0.5) is 10.5 Å². The van der Waals surface area contributed by atoms with E-state index in [0.29, 0.717) is 12.8 Å². The van der Waals surface area contributed by atoms with Crippen LogP contribution in [0.5, 0.6) is 0 Å². The van der Waals surface area contributed by atoms with Gasteiger partial charge < -0.3 is 15.7 Å². The van der Waals surface area contributed by atoms with Gasteiger partial charge in [-0.25, -0.2) is 4.79 Å². The molecule has 0 spiro atoms. The molecule has 0 aliphatic heterocycles. The van der Waals surface area contributed by atoms with Crippen molar-refractivity contribution in [2.45, 2.75) is 53.0 Å².